The molecule has 0 saturated carbocycles. The first-order valence-corrected chi connectivity index (χ1v) is 11.6. The number of fused-ring (bicyclic) bond motifs is 1. The van der Waals surface area contributed by atoms with E-state index in [1.165, 1.54) is 25.4 Å². The van der Waals surface area contributed by atoms with E-state index in [-0.39, 0.29) is 27.4 Å². The Kier molecular flexibility index (Phi) is 6.11. The van der Waals surface area contributed by atoms with Gasteiger partial charge in [-0.2, -0.15) is 4.98 Å². The number of nitrogen functional groups attached to an aromatic ring is 1. The average molecular weight is 506 g/mol. The van der Waals surface area contributed by atoms with Gasteiger partial charge in [0.05, 0.1) is 17.8 Å². The van der Waals surface area contributed by atoms with Crippen molar-refractivity contribution in [3.8, 4) is 17.0 Å². The van der Waals surface area contributed by atoms with E-state index >= 15 is 0 Å². The molecule has 0 radical (unpaired) electrons. The molecule has 0 spiro atoms. The number of nitrogens with zero attached hydrogens (tertiary/aromatic N) is 4. The molecule has 4 aromatic rings. The van der Waals surface area contributed by atoms with E-state index in [0.29, 0.717) is 33.0 Å². The first-order chi connectivity index (χ1) is 15.7. The zero-order chi connectivity index (χ0) is 23.8. The van der Waals surface area contributed by atoms with Gasteiger partial charge in [-0.25, -0.2) is 23.4 Å². The van der Waals surface area contributed by atoms with Crippen LogP contribution in [-0.2, 0) is 10.0 Å². The van der Waals surface area contributed by atoms with Gasteiger partial charge < -0.3 is 15.8 Å². The number of sulfonamides is 1. The minimum atomic E-state index is -4.10. The van der Waals surface area contributed by atoms with Crippen LogP contribution in [0, 0.1) is 0 Å². The Morgan fingerprint density at radius 1 is 1.00 bits per heavy atom. The zero-order valence-electron chi connectivity index (χ0n) is 17.3. The molecule has 3 heterocycles. The molecule has 0 aliphatic carbocycles. The van der Waals surface area contributed by atoms with E-state index < -0.39 is 10.0 Å². The smallest absolute Gasteiger partial charge is 0.267 e. The van der Waals surface area contributed by atoms with Crippen LogP contribution < -0.4 is 20.5 Å². The van der Waals surface area contributed by atoms with Crippen molar-refractivity contribution in [1.82, 2.24) is 19.9 Å². The lowest BCUT2D eigenvalue weighted by molar-refractivity contribution is 0.385. The van der Waals surface area contributed by atoms with Gasteiger partial charge in [-0.3, -0.25) is 4.72 Å². The maximum absolute atomic E-state index is 13.0. The molecule has 0 fully saturated rings. The number of pyridine rings is 2. The SMILES string of the molecule is CNc1nc2nc(N)ncc2cc1-c1cc(Cl)cc(NS(=O)(=O)c2cc(Cl)cnc2OC)c1. The van der Waals surface area contributed by atoms with Crippen molar-refractivity contribution in [2.45, 2.75) is 4.90 Å². The first kappa shape index (κ1) is 22.8. The Hall–Kier alpha value is -3.41. The molecule has 4 rings (SSSR count). The van der Waals surface area contributed by atoms with Crippen molar-refractivity contribution in [3.63, 3.8) is 0 Å². The number of hydrogen-bond donors (Lipinski definition) is 3. The summed E-state index contributed by atoms with van der Waals surface area (Å²) >= 11 is 12.3. The molecule has 0 bridgehead atoms. The van der Waals surface area contributed by atoms with Crippen LogP contribution in [0.4, 0.5) is 17.5 Å². The number of methoxy groups -OCH3 is 1. The van der Waals surface area contributed by atoms with Crippen LogP contribution in [0.3, 0.4) is 0 Å². The third-order valence-corrected chi connectivity index (χ3v) is 6.35. The van der Waals surface area contributed by atoms with Crippen molar-refractivity contribution in [1.29, 1.82) is 0 Å². The number of halogens is 2. The molecule has 0 aliphatic rings. The Morgan fingerprint density at radius 2 is 1.79 bits per heavy atom. The lowest BCUT2D eigenvalue weighted by atomic mass is 10.0. The van der Waals surface area contributed by atoms with Crippen LogP contribution in [0.15, 0.2) is 47.6 Å². The second-order valence-electron chi connectivity index (χ2n) is 6.77. The average Bonchev–Trinajstić information content (AvgIpc) is 2.77. The molecule has 1 aromatic carbocycles. The van der Waals surface area contributed by atoms with E-state index in [1.54, 1.807) is 25.4 Å². The Balaban J connectivity index is 1.80. The minimum Gasteiger partial charge on any atom is -0.480 e. The zero-order valence-corrected chi connectivity index (χ0v) is 19.6. The molecule has 170 valence electrons. The fourth-order valence-electron chi connectivity index (χ4n) is 3.16. The summed E-state index contributed by atoms with van der Waals surface area (Å²) in [5.74, 6) is 0.511. The lowest BCUT2D eigenvalue weighted by Gasteiger charge is -2.14. The summed E-state index contributed by atoms with van der Waals surface area (Å²) in [6.45, 7) is 0. The number of nitrogens with two attached hydrogens (primary N) is 1. The number of rotatable bonds is 6. The Bertz CT molecular complexity index is 1480. The predicted octanol–water partition coefficient (Wildman–Crippen LogP) is 3.83. The summed E-state index contributed by atoms with van der Waals surface area (Å²) < 4.78 is 33.6. The summed E-state index contributed by atoms with van der Waals surface area (Å²) in [6.07, 6.45) is 2.85. The molecule has 0 amide bonds. The summed E-state index contributed by atoms with van der Waals surface area (Å²) in [7, 11) is -1.08. The molecule has 10 nitrogen and oxygen atoms in total. The van der Waals surface area contributed by atoms with Gasteiger partial charge in [0.2, 0.25) is 11.8 Å². The van der Waals surface area contributed by atoms with Gasteiger partial charge in [-0.1, -0.05) is 23.2 Å². The van der Waals surface area contributed by atoms with Gasteiger partial charge in [0, 0.05) is 35.4 Å². The molecular weight excluding hydrogens is 489 g/mol. The molecular formula is C20H17Cl2N7O3S. The van der Waals surface area contributed by atoms with Crippen molar-refractivity contribution in [3.05, 3.63) is 52.8 Å². The highest BCUT2D eigenvalue weighted by Gasteiger charge is 2.22. The third-order valence-electron chi connectivity index (χ3n) is 4.55. The highest BCUT2D eigenvalue weighted by molar-refractivity contribution is 7.92. The quantitative estimate of drug-likeness (QED) is 0.355. The molecule has 4 N–H and O–H groups in total. The normalized spacial score (nSPS) is 11.4. The van der Waals surface area contributed by atoms with E-state index in [4.69, 9.17) is 33.7 Å². The van der Waals surface area contributed by atoms with E-state index in [9.17, 15) is 8.42 Å². The number of anilines is 3. The third kappa shape index (κ3) is 4.70. The van der Waals surface area contributed by atoms with Crippen LogP contribution in [-0.4, -0.2) is 42.5 Å². The fourth-order valence-corrected chi connectivity index (χ4v) is 4.80. The minimum absolute atomic E-state index is 0.0929. The predicted molar refractivity (Wildman–Crippen MR) is 128 cm³/mol. The van der Waals surface area contributed by atoms with E-state index in [2.05, 4.69) is 30.0 Å². The van der Waals surface area contributed by atoms with Crippen molar-refractivity contribution < 1.29 is 13.2 Å². The summed E-state index contributed by atoms with van der Waals surface area (Å²) in [6, 6.07) is 7.84. The van der Waals surface area contributed by atoms with Crippen LogP contribution in [0.2, 0.25) is 10.0 Å². The number of nitrogens with one attached hydrogen (secondary N) is 2. The maximum Gasteiger partial charge on any atom is 0.267 e. The number of benzene rings is 1. The maximum atomic E-state index is 13.0. The molecule has 0 unspecified atom stereocenters. The second kappa shape index (κ2) is 8.85. The molecule has 0 atom stereocenters. The van der Waals surface area contributed by atoms with Crippen LogP contribution in [0.5, 0.6) is 5.88 Å². The number of ether oxygens (including phenoxy) is 1. The molecule has 0 aliphatic heterocycles. The monoisotopic (exact) mass is 505 g/mol. The number of aromatic nitrogens is 4. The molecule has 13 heteroatoms. The van der Waals surface area contributed by atoms with E-state index in [1.807, 2.05) is 6.07 Å². The molecule has 0 saturated heterocycles. The van der Waals surface area contributed by atoms with Crippen LogP contribution in [0.1, 0.15) is 0 Å². The van der Waals surface area contributed by atoms with Gasteiger partial charge in [-0.15, -0.1) is 0 Å². The lowest BCUT2D eigenvalue weighted by Crippen LogP contribution is -2.15. The highest BCUT2D eigenvalue weighted by Crippen LogP contribution is 2.34. The van der Waals surface area contributed by atoms with Crippen molar-refractivity contribution in [2.75, 3.05) is 29.9 Å². The number of hydrogen-bond acceptors (Lipinski definition) is 9. The van der Waals surface area contributed by atoms with Crippen LogP contribution >= 0.6 is 23.2 Å². The molecule has 3 aromatic heterocycles. The van der Waals surface area contributed by atoms with Gasteiger partial charge >= 0.3 is 0 Å². The largest absolute Gasteiger partial charge is 0.480 e. The van der Waals surface area contributed by atoms with E-state index in [0.717, 1.165) is 0 Å². The Labute approximate surface area is 199 Å². The standard InChI is InChI=1S/C20H17Cl2N7O3S/c1-24-18-15(5-11-8-26-20(23)28-17(11)27-18)10-3-12(21)6-14(4-10)29-33(30,31)16-7-13(22)9-25-19(16)32-2/h3-9,29H,1-2H3,(H3,23,24,26,27,28). The van der Waals surface area contributed by atoms with Gasteiger partial charge in [0.1, 0.15) is 5.82 Å². The topological polar surface area (TPSA) is 145 Å². The van der Waals surface area contributed by atoms with Crippen LogP contribution in [0.25, 0.3) is 22.2 Å². The first-order valence-electron chi connectivity index (χ1n) is 9.34. The van der Waals surface area contributed by atoms with Crippen molar-refractivity contribution >= 4 is 61.7 Å². The summed E-state index contributed by atoms with van der Waals surface area (Å²) in [4.78, 5) is 16.3. The van der Waals surface area contributed by atoms with Gasteiger partial charge in [-0.05, 0) is 35.9 Å². The summed E-state index contributed by atoms with van der Waals surface area (Å²) in [5.41, 5.74) is 7.55. The van der Waals surface area contributed by atoms with Gasteiger partial charge in [0.15, 0.2) is 10.5 Å². The fraction of sp³-hybridized carbons (Fsp3) is 0.100. The Morgan fingerprint density at radius 3 is 2.52 bits per heavy atom. The highest BCUT2D eigenvalue weighted by atomic mass is 35.5. The molecule has 33 heavy (non-hydrogen) atoms. The van der Waals surface area contributed by atoms with Gasteiger partial charge in [0.25, 0.3) is 10.0 Å². The van der Waals surface area contributed by atoms with Crippen molar-refractivity contribution in [2.24, 2.45) is 0 Å². The summed E-state index contributed by atoms with van der Waals surface area (Å²) in [5, 5.41) is 4.10. The second-order valence-corrected chi connectivity index (χ2v) is 9.29.